The Hall–Kier alpha value is -2.94. The summed E-state index contributed by atoms with van der Waals surface area (Å²) in [5.41, 5.74) is -0.132. The highest BCUT2D eigenvalue weighted by molar-refractivity contribution is 6.32. The van der Waals surface area contributed by atoms with E-state index in [0.717, 1.165) is 0 Å². The maximum Gasteiger partial charge on any atom is 0.271 e. The third kappa shape index (κ3) is 4.17. The van der Waals surface area contributed by atoms with Crippen molar-refractivity contribution in [1.29, 1.82) is 0 Å². The zero-order valence-corrected chi connectivity index (χ0v) is 14.5. The van der Waals surface area contributed by atoms with Crippen LogP contribution in [-0.2, 0) is 4.79 Å². The molecule has 1 saturated heterocycles. The maximum atomic E-state index is 12.3. The molecular weight excluding hydrogens is 362 g/mol. The first-order valence-corrected chi connectivity index (χ1v) is 8.29. The van der Waals surface area contributed by atoms with Gasteiger partial charge < -0.3 is 14.5 Å². The van der Waals surface area contributed by atoms with Crippen molar-refractivity contribution in [3.05, 3.63) is 51.8 Å². The first-order chi connectivity index (χ1) is 12.5. The maximum absolute atomic E-state index is 12.3. The summed E-state index contributed by atoms with van der Waals surface area (Å²) in [6.45, 7) is 2.16. The number of aromatic nitrogens is 2. The first kappa shape index (κ1) is 17.9. The Bertz CT molecular complexity index is 796. The van der Waals surface area contributed by atoms with E-state index in [1.54, 1.807) is 23.4 Å². The molecule has 0 aliphatic carbocycles. The van der Waals surface area contributed by atoms with E-state index in [-0.39, 0.29) is 29.0 Å². The van der Waals surface area contributed by atoms with Crippen molar-refractivity contribution in [2.75, 3.05) is 37.7 Å². The van der Waals surface area contributed by atoms with Crippen LogP contribution in [0.3, 0.4) is 0 Å². The van der Waals surface area contributed by atoms with E-state index in [2.05, 4.69) is 9.97 Å². The minimum absolute atomic E-state index is 0.0954. The molecule has 1 aromatic carbocycles. The molecule has 3 rings (SSSR count). The summed E-state index contributed by atoms with van der Waals surface area (Å²) < 4.78 is 5.41. The van der Waals surface area contributed by atoms with Gasteiger partial charge in [-0.15, -0.1) is 0 Å². The van der Waals surface area contributed by atoms with E-state index in [1.165, 1.54) is 18.2 Å². The number of carbonyl (C=O) groups is 1. The van der Waals surface area contributed by atoms with Gasteiger partial charge in [0, 0.05) is 50.7 Å². The monoisotopic (exact) mass is 377 g/mol. The van der Waals surface area contributed by atoms with Gasteiger partial charge in [-0.25, -0.2) is 9.97 Å². The molecule has 1 amide bonds. The lowest BCUT2D eigenvalue weighted by Crippen LogP contribution is -2.50. The van der Waals surface area contributed by atoms with Crippen molar-refractivity contribution in [3.63, 3.8) is 0 Å². The highest BCUT2D eigenvalue weighted by atomic mass is 35.5. The van der Waals surface area contributed by atoms with E-state index in [0.29, 0.717) is 32.1 Å². The lowest BCUT2D eigenvalue weighted by atomic mass is 10.3. The van der Waals surface area contributed by atoms with Crippen LogP contribution in [0.1, 0.15) is 0 Å². The predicted octanol–water partition coefficient (Wildman–Crippen LogP) is 1.77. The molecule has 26 heavy (non-hydrogen) atoms. The van der Waals surface area contributed by atoms with Gasteiger partial charge in [0.05, 0.1) is 9.95 Å². The van der Waals surface area contributed by atoms with Gasteiger partial charge in [-0.2, -0.15) is 0 Å². The Kier molecular flexibility index (Phi) is 5.47. The lowest BCUT2D eigenvalue weighted by Gasteiger charge is -2.34. The van der Waals surface area contributed by atoms with Crippen molar-refractivity contribution >= 4 is 29.1 Å². The Morgan fingerprint density at radius 2 is 1.92 bits per heavy atom. The van der Waals surface area contributed by atoms with Crippen molar-refractivity contribution in [1.82, 2.24) is 14.9 Å². The van der Waals surface area contributed by atoms with Crippen LogP contribution in [0.25, 0.3) is 0 Å². The quantitative estimate of drug-likeness (QED) is 0.578. The molecule has 1 aliphatic rings. The second-order valence-corrected chi connectivity index (χ2v) is 5.98. The summed E-state index contributed by atoms with van der Waals surface area (Å²) in [6.07, 6.45) is 3.36. The van der Waals surface area contributed by atoms with Crippen molar-refractivity contribution in [3.8, 4) is 5.75 Å². The fourth-order valence-corrected chi connectivity index (χ4v) is 2.79. The smallest absolute Gasteiger partial charge is 0.271 e. The SMILES string of the molecule is O=C(COc1ccc([N+](=O)[O-])cc1Cl)N1CCN(c2ncccn2)CC1. The number of hydrogen-bond donors (Lipinski definition) is 0. The van der Waals surface area contributed by atoms with Crippen LogP contribution in [0.4, 0.5) is 11.6 Å². The average molecular weight is 378 g/mol. The number of benzene rings is 1. The summed E-state index contributed by atoms with van der Waals surface area (Å²) in [7, 11) is 0. The van der Waals surface area contributed by atoms with Gasteiger partial charge in [-0.1, -0.05) is 11.6 Å². The third-order valence-corrected chi connectivity index (χ3v) is 4.24. The average Bonchev–Trinajstić information content (AvgIpc) is 2.67. The highest BCUT2D eigenvalue weighted by Crippen LogP contribution is 2.28. The highest BCUT2D eigenvalue weighted by Gasteiger charge is 2.23. The molecule has 1 aromatic heterocycles. The van der Waals surface area contributed by atoms with Crippen LogP contribution in [-0.4, -0.2) is 58.5 Å². The molecule has 9 nitrogen and oxygen atoms in total. The van der Waals surface area contributed by atoms with Crippen LogP contribution in [0.2, 0.25) is 5.02 Å². The molecule has 0 N–H and O–H groups in total. The largest absolute Gasteiger partial charge is 0.482 e. The number of piperazine rings is 1. The van der Waals surface area contributed by atoms with Crippen LogP contribution in [0.5, 0.6) is 5.75 Å². The first-order valence-electron chi connectivity index (χ1n) is 7.91. The van der Waals surface area contributed by atoms with Crippen LogP contribution in [0, 0.1) is 10.1 Å². The molecule has 0 atom stereocenters. The van der Waals surface area contributed by atoms with E-state index < -0.39 is 4.92 Å². The zero-order chi connectivity index (χ0) is 18.5. The van der Waals surface area contributed by atoms with Gasteiger partial charge in [0.2, 0.25) is 5.95 Å². The second kappa shape index (κ2) is 7.96. The number of nitro benzene ring substituents is 1. The van der Waals surface area contributed by atoms with Crippen LogP contribution >= 0.6 is 11.6 Å². The summed E-state index contributed by atoms with van der Waals surface area (Å²) in [6, 6.07) is 5.62. The topological polar surface area (TPSA) is 102 Å². The molecule has 2 aromatic rings. The van der Waals surface area contributed by atoms with Crippen molar-refractivity contribution in [2.45, 2.75) is 0 Å². The Labute approximate surface area is 154 Å². The molecule has 0 unspecified atom stereocenters. The standard InChI is InChI=1S/C16H16ClN5O4/c17-13-10-12(22(24)25)2-3-14(13)26-11-15(23)20-6-8-21(9-7-20)16-18-4-1-5-19-16/h1-5,10H,6-9,11H2. The molecular formula is C16H16ClN5O4. The number of halogens is 1. The van der Waals surface area contributed by atoms with E-state index in [4.69, 9.17) is 16.3 Å². The Balaban J connectivity index is 1.51. The fourth-order valence-electron chi connectivity index (χ4n) is 2.56. The molecule has 1 aliphatic heterocycles. The second-order valence-electron chi connectivity index (χ2n) is 5.58. The van der Waals surface area contributed by atoms with Gasteiger partial charge in [0.15, 0.2) is 6.61 Å². The summed E-state index contributed by atoms with van der Waals surface area (Å²) in [5, 5.41) is 10.8. The molecule has 1 fully saturated rings. The van der Waals surface area contributed by atoms with Crippen molar-refractivity contribution < 1.29 is 14.5 Å². The van der Waals surface area contributed by atoms with Crippen LogP contribution < -0.4 is 9.64 Å². The van der Waals surface area contributed by atoms with Gasteiger partial charge in [-0.05, 0) is 12.1 Å². The molecule has 0 radical (unpaired) electrons. The summed E-state index contributed by atoms with van der Waals surface area (Å²) in [4.78, 5) is 34.6. The minimum atomic E-state index is -0.545. The number of nitrogens with zero attached hydrogens (tertiary/aromatic N) is 5. The summed E-state index contributed by atoms with van der Waals surface area (Å²) in [5.74, 6) is 0.712. The number of non-ortho nitro benzene ring substituents is 1. The summed E-state index contributed by atoms with van der Waals surface area (Å²) >= 11 is 5.95. The number of nitro groups is 1. The van der Waals surface area contributed by atoms with Gasteiger partial charge in [0.1, 0.15) is 5.75 Å². The van der Waals surface area contributed by atoms with Gasteiger partial charge in [0.25, 0.3) is 11.6 Å². The van der Waals surface area contributed by atoms with Crippen LogP contribution in [0.15, 0.2) is 36.7 Å². The normalized spacial score (nSPS) is 14.2. The number of rotatable bonds is 5. The zero-order valence-electron chi connectivity index (χ0n) is 13.7. The molecule has 0 saturated carbocycles. The Morgan fingerprint density at radius 1 is 1.23 bits per heavy atom. The molecule has 10 heteroatoms. The molecule has 0 bridgehead atoms. The number of hydrogen-bond acceptors (Lipinski definition) is 7. The number of carbonyl (C=O) groups excluding carboxylic acids is 1. The molecule has 136 valence electrons. The van der Waals surface area contributed by atoms with E-state index >= 15 is 0 Å². The van der Waals surface area contributed by atoms with Crippen molar-refractivity contribution in [2.24, 2.45) is 0 Å². The van der Waals surface area contributed by atoms with E-state index in [1.807, 2.05) is 4.90 Å². The van der Waals surface area contributed by atoms with Gasteiger partial charge in [-0.3, -0.25) is 14.9 Å². The lowest BCUT2D eigenvalue weighted by molar-refractivity contribution is -0.384. The fraction of sp³-hybridized carbons (Fsp3) is 0.312. The number of ether oxygens (including phenoxy) is 1. The van der Waals surface area contributed by atoms with E-state index in [9.17, 15) is 14.9 Å². The van der Waals surface area contributed by atoms with Gasteiger partial charge >= 0.3 is 0 Å². The molecule has 2 heterocycles. The number of amides is 1. The number of anilines is 1. The Morgan fingerprint density at radius 3 is 2.54 bits per heavy atom. The molecule has 0 spiro atoms. The third-order valence-electron chi connectivity index (χ3n) is 3.94. The minimum Gasteiger partial charge on any atom is -0.482 e. The predicted molar refractivity (Wildman–Crippen MR) is 94.4 cm³/mol.